The van der Waals surface area contributed by atoms with Crippen LogP contribution in [0.4, 0.5) is 0 Å². The van der Waals surface area contributed by atoms with Crippen LogP contribution in [0, 0.1) is 0 Å². The Morgan fingerprint density at radius 1 is 1.67 bits per heavy atom. The monoisotopic (exact) mass is 168 g/mol. The maximum atomic E-state index is 3.96. The van der Waals surface area contributed by atoms with Crippen LogP contribution in [0.5, 0.6) is 0 Å². The zero-order valence-corrected chi connectivity index (χ0v) is 8.27. The van der Waals surface area contributed by atoms with Gasteiger partial charge in [0.15, 0.2) is 0 Å². The molecule has 1 atom stereocenters. The van der Waals surface area contributed by atoms with Gasteiger partial charge in [-0.1, -0.05) is 19.1 Å². The van der Waals surface area contributed by atoms with E-state index in [0.29, 0.717) is 0 Å². The number of piperazine rings is 1. The van der Waals surface area contributed by atoms with Crippen molar-refractivity contribution in [3.63, 3.8) is 0 Å². The molecular formula is C10H20N2. The van der Waals surface area contributed by atoms with E-state index < -0.39 is 0 Å². The molecule has 1 heterocycles. The van der Waals surface area contributed by atoms with E-state index in [1.807, 2.05) is 0 Å². The molecule has 1 saturated heterocycles. The minimum absolute atomic E-state index is 0.718. The second-order valence-corrected chi connectivity index (χ2v) is 3.69. The van der Waals surface area contributed by atoms with Gasteiger partial charge in [-0.05, 0) is 13.3 Å². The lowest BCUT2D eigenvalue weighted by atomic mass is 10.1. The van der Waals surface area contributed by atoms with Gasteiger partial charge in [-0.25, -0.2) is 0 Å². The minimum atomic E-state index is 0.718. The summed E-state index contributed by atoms with van der Waals surface area (Å²) in [5.74, 6) is 0. The standard InChI is InChI=1S/C10H20N2/c1-4-10-7-11-5-6-12(10)8-9(2)3/h10-11H,2,4-8H2,1,3H3. The first-order valence-corrected chi connectivity index (χ1v) is 4.83. The van der Waals surface area contributed by atoms with Gasteiger partial charge in [0.1, 0.15) is 0 Å². The van der Waals surface area contributed by atoms with E-state index in [4.69, 9.17) is 0 Å². The first-order valence-electron chi connectivity index (χ1n) is 4.83. The fourth-order valence-corrected chi connectivity index (χ4v) is 1.76. The highest BCUT2D eigenvalue weighted by atomic mass is 15.2. The molecule has 0 aromatic heterocycles. The lowest BCUT2D eigenvalue weighted by Crippen LogP contribution is -2.51. The van der Waals surface area contributed by atoms with Crippen LogP contribution < -0.4 is 5.32 Å². The fourth-order valence-electron chi connectivity index (χ4n) is 1.76. The molecule has 0 aromatic carbocycles. The van der Waals surface area contributed by atoms with Crippen LogP contribution in [0.2, 0.25) is 0 Å². The first-order chi connectivity index (χ1) is 5.74. The molecular weight excluding hydrogens is 148 g/mol. The first kappa shape index (κ1) is 9.75. The number of nitrogens with one attached hydrogen (secondary N) is 1. The summed E-state index contributed by atoms with van der Waals surface area (Å²) in [4.78, 5) is 2.53. The number of rotatable bonds is 3. The fraction of sp³-hybridized carbons (Fsp3) is 0.800. The lowest BCUT2D eigenvalue weighted by Gasteiger charge is -2.35. The highest BCUT2D eigenvalue weighted by Gasteiger charge is 2.19. The van der Waals surface area contributed by atoms with Crippen LogP contribution in [0.25, 0.3) is 0 Å². The molecule has 2 heteroatoms. The van der Waals surface area contributed by atoms with Crippen molar-refractivity contribution in [2.45, 2.75) is 26.3 Å². The summed E-state index contributed by atoms with van der Waals surface area (Å²) in [6.45, 7) is 12.8. The summed E-state index contributed by atoms with van der Waals surface area (Å²) in [5.41, 5.74) is 1.27. The topological polar surface area (TPSA) is 15.3 Å². The second kappa shape index (κ2) is 4.63. The smallest absolute Gasteiger partial charge is 0.0221 e. The van der Waals surface area contributed by atoms with E-state index in [1.165, 1.54) is 18.5 Å². The Bertz CT molecular complexity index is 154. The Morgan fingerprint density at radius 2 is 2.42 bits per heavy atom. The van der Waals surface area contributed by atoms with Gasteiger partial charge in [-0.2, -0.15) is 0 Å². The SMILES string of the molecule is C=C(C)CN1CCNCC1CC. The average Bonchev–Trinajstić information content (AvgIpc) is 2.04. The average molecular weight is 168 g/mol. The second-order valence-electron chi connectivity index (χ2n) is 3.69. The number of hydrogen-bond donors (Lipinski definition) is 1. The number of hydrogen-bond acceptors (Lipinski definition) is 2. The van der Waals surface area contributed by atoms with Gasteiger partial charge in [-0.15, -0.1) is 0 Å². The van der Waals surface area contributed by atoms with Gasteiger partial charge in [0.25, 0.3) is 0 Å². The molecule has 0 saturated carbocycles. The summed E-state index contributed by atoms with van der Waals surface area (Å²) in [6.07, 6.45) is 1.24. The molecule has 1 rings (SSSR count). The Kier molecular flexibility index (Phi) is 3.76. The van der Waals surface area contributed by atoms with Gasteiger partial charge in [0.2, 0.25) is 0 Å². The van der Waals surface area contributed by atoms with Gasteiger partial charge >= 0.3 is 0 Å². The zero-order valence-electron chi connectivity index (χ0n) is 8.27. The van der Waals surface area contributed by atoms with Crippen molar-refractivity contribution in [2.75, 3.05) is 26.2 Å². The summed E-state index contributed by atoms with van der Waals surface area (Å²) in [7, 11) is 0. The van der Waals surface area contributed by atoms with E-state index in [1.54, 1.807) is 0 Å². The quantitative estimate of drug-likeness (QED) is 0.638. The largest absolute Gasteiger partial charge is 0.314 e. The summed E-state index contributed by atoms with van der Waals surface area (Å²) in [5, 5.41) is 3.42. The molecule has 1 unspecified atom stereocenters. The minimum Gasteiger partial charge on any atom is -0.314 e. The molecule has 2 nitrogen and oxygen atoms in total. The Morgan fingerprint density at radius 3 is 3.00 bits per heavy atom. The molecule has 0 radical (unpaired) electrons. The predicted octanol–water partition coefficient (Wildman–Crippen LogP) is 1.25. The van der Waals surface area contributed by atoms with E-state index in [-0.39, 0.29) is 0 Å². The van der Waals surface area contributed by atoms with Gasteiger partial charge < -0.3 is 5.32 Å². The highest BCUT2D eigenvalue weighted by Crippen LogP contribution is 2.08. The number of nitrogens with zero attached hydrogens (tertiary/aromatic N) is 1. The third-order valence-corrected chi connectivity index (χ3v) is 2.42. The Labute approximate surface area is 75.6 Å². The molecule has 0 aliphatic carbocycles. The van der Waals surface area contributed by atoms with Crippen LogP contribution >= 0.6 is 0 Å². The third-order valence-electron chi connectivity index (χ3n) is 2.42. The van der Waals surface area contributed by atoms with Crippen molar-refractivity contribution in [1.29, 1.82) is 0 Å². The molecule has 0 amide bonds. The molecule has 0 bridgehead atoms. The normalized spacial score (nSPS) is 25.7. The van der Waals surface area contributed by atoms with Gasteiger partial charge in [0, 0.05) is 32.2 Å². The summed E-state index contributed by atoms with van der Waals surface area (Å²) in [6, 6.07) is 0.718. The van der Waals surface area contributed by atoms with Crippen LogP contribution in [0.3, 0.4) is 0 Å². The molecule has 0 spiro atoms. The highest BCUT2D eigenvalue weighted by molar-refractivity contribution is 4.94. The van der Waals surface area contributed by atoms with Crippen LogP contribution in [0.1, 0.15) is 20.3 Å². The Hall–Kier alpha value is -0.340. The van der Waals surface area contributed by atoms with Crippen LogP contribution in [-0.4, -0.2) is 37.1 Å². The van der Waals surface area contributed by atoms with E-state index in [9.17, 15) is 0 Å². The van der Waals surface area contributed by atoms with E-state index >= 15 is 0 Å². The van der Waals surface area contributed by atoms with E-state index in [0.717, 1.165) is 25.7 Å². The Balaban J connectivity index is 2.41. The predicted molar refractivity (Wildman–Crippen MR) is 53.3 cm³/mol. The lowest BCUT2D eigenvalue weighted by molar-refractivity contribution is 0.171. The zero-order chi connectivity index (χ0) is 8.97. The van der Waals surface area contributed by atoms with Gasteiger partial charge in [-0.3, -0.25) is 4.90 Å². The molecule has 1 aliphatic rings. The molecule has 70 valence electrons. The van der Waals surface area contributed by atoms with Crippen molar-refractivity contribution >= 4 is 0 Å². The molecule has 1 aliphatic heterocycles. The van der Waals surface area contributed by atoms with E-state index in [2.05, 4.69) is 30.6 Å². The summed E-state index contributed by atoms with van der Waals surface area (Å²) < 4.78 is 0. The molecule has 1 fully saturated rings. The van der Waals surface area contributed by atoms with Gasteiger partial charge in [0.05, 0.1) is 0 Å². The van der Waals surface area contributed by atoms with Crippen molar-refractivity contribution in [1.82, 2.24) is 10.2 Å². The third kappa shape index (κ3) is 2.61. The van der Waals surface area contributed by atoms with Crippen LogP contribution in [-0.2, 0) is 0 Å². The maximum Gasteiger partial charge on any atom is 0.0221 e. The maximum absolute atomic E-state index is 3.96. The van der Waals surface area contributed by atoms with Crippen molar-refractivity contribution in [3.8, 4) is 0 Å². The van der Waals surface area contributed by atoms with Crippen molar-refractivity contribution < 1.29 is 0 Å². The summed E-state index contributed by atoms with van der Waals surface area (Å²) >= 11 is 0. The van der Waals surface area contributed by atoms with Crippen LogP contribution in [0.15, 0.2) is 12.2 Å². The van der Waals surface area contributed by atoms with Crippen molar-refractivity contribution in [3.05, 3.63) is 12.2 Å². The molecule has 0 aromatic rings. The molecule has 12 heavy (non-hydrogen) atoms. The molecule has 1 N–H and O–H groups in total. The van der Waals surface area contributed by atoms with Crippen molar-refractivity contribution in [2.24, 2.45) is 0 Å².